The van der Waals surface area contributed by atoms with E-state index in [0.717, 1.165) is 40.6 Å². The van der Waals surface area contributed by atoms with Crippen LogP contribution in [0.2, 0.25) is 0 Å². The molecule has 136 valence electrons. The SMILES string of the molecule is CC1=CC(C(=O)NCCCc2ccc(-c3cnc4[nH]ccc4c3)cc2)=NC1. The first kappa shape index (κ1) is 17.2. The highest BCUT2D eigenvalue weighted by Gasteiger charge is 2.12. The standard InChI is InChI=1S/C22H22N4O/c1-15-11-20(25-13-15)22(27)24-9-2-3-16-4-6-17(7-5-16)19-12-18-8-10-23-21(18)26-14-19/h4-8,10-12,14H,2-3,9,13H2,1H3,(H,23,26)(H,24,27). The number of aromatic nitrogens is 2. The number of hydrogen-bond donors (Lipinski definition) is 2. The predicted molar refractivity (Wildman–Crippen MR) is 109 cm³/mol. The van der Waals surface area contributed by atoms with Crippen LogP contribution in [0.5, 0.6) is 0 Å². The van der Waals surface area contributed by atoms with Crippen molar-refractivity contribution in [2.45, 2.75) is 19.8 Å². The lowest BCUT2D eigenvalue weighted by Gasteiger charge is -2.06. The van der Waals surface area contributed by atoms with E-state index in [-0.39, 0.29) is 5.91 Å². The molecule has 1 aliphatic rings. The number of amides is 1. The quantitative estimate of drug-likeness (QED) is 0.660. The highest BCUT2D eigenvalue weighted by atomic mass is 16.1. The van der Waals surface area contributed by atoms with Crippen LogP contribution in [-0.4, -0.2) is 34.7 Å². The molecule has 27 heavy (non-hydrogen) atoms. The van der Waals surface area contributed by atoms with Gasteiger partial charge in [0.25, 0.3) is 5.91 Å². The molecule has 2 N–H and O–H groups in total. The van der Waals surface area contributed by atoms with Crippen LogP contribution in [0.1, 0.15) is 18.9 Å². The zero-order valence-corrected chi connectivity index (χ0v) is 15.3. The number of rotatable bonds is 6. The monoisotopic (exact) mass is 358 g/mol. The molecule has 0 bridgehead atoms. The van der Waals surface area contributed by atoms with Crippen molar-refractivity contribution in [2.75, 3.05) is 13.1 Å². The molecule has 2 aromatic heterocycles. The lowest BCUT2D eigenvalue weighted by atomic mass is 10.0. The molecule has 0 fully saturated rings. The van der Waals surface area contributed by atoms with E-state index in [2.05, 4.69) is 50.6 Å². The van der Waals surface area contributed by atoms with E-state index in [0.29, 0.717) is 18.8 Å². The van der Waals surface area contributed by atoms with Gasteiger partial charge < -0.3 is 10.3 Å². The van der Waals surface area contributed by atoms with Gasteiger partial charge in [-0.05, 0) is 54.7 Å². The summed E-state index contributed by atoms with van der Waals surface area (Å²) in [5.41, 5.74) is 6.12. The van der Waals surface area contributed by atoms with Crippen LogP contribution < -0.4 is 5.32 Å². The number of H-pyrrole nitrogens is 1. The molecule has 4 rings (SSSR count). The molecule has 1 aromatic carbocycles. The number of pyridine rings is 1. The van der Waals surface area contributed by atoms with Crippen molar-refractivity contribution in [3.05, 3.63) is 66.0 Å². The van der Waals surface area contributed by atoms with E-state index in [1.165, 1.54) is 5.56 Å². The summed E-state index contributed by atoms with van der Waals surface area (Å²) in [6, 6.07) is 12.7. The van der Waals surface area contributed by atoms with Gasteiger partial charge in [-0.25, -0.2) is 4.98 Å². The second-order valence-corrected chi connectivity index (χ2v) is 6.89. The third kappa shape index (κ3) is 3.97. The average Bonchev–Trinajstić information content (AvgIpc) is 3.33. The molecule has 0 saturated carbocycles. The van der Waals surface area contributed by atoms with Gasteiger partial charge in [0, 0.05) is 29.9 Å². The zero-order chi connectivity index (χ0) is 18.6. The first-order valence-electron chi connectivity index (χ1n) is 9.21. The smallest absolute Gasteiger partial charge is 0.269 e. The summed E-state index contributed by atoms with van der Waals surface area (Å²) in [5, 5.41) is 4.06. The van der Waals surface area contributed by atoms with Crippen molar-refractivity contribution in [1.29, 1.82) is 0 Å². The van der Waals surface area contributed by atoms with Crippen LogP contribution in [-0.2, 0) is 11.2 Å². The fourth-order valence-electron chi connectivity index (χ4n) is 3.22. The van der Waals surface area contributed by atoms with Gasteiger partial charge in [0.1, 0.15) is 11.4 Å². The van der Waals surface area contributed by atoms with Crippen molar-refractivity contribution in [3.63, 3.8) is 0 Å². The van der Waals surface area contributed by atoms with Gasteiger partial charge in [-0.2, -0.15) is 0 Å². The maximum atomic E-state index is 12.0. The van der Waals surface area contributed by atoms with Crippen LogP contribution in [0.25, 0.3) is 22.2 Å². The second-order valence-electron chi connectivity index (χ2n) is 6.89. The molecule has 0 unspecified atom stereocenters. The number of carbonyl (C=O) groups excluding carboxylic acids is 1. The zero-order valence-electron chi connectivity index (χ0n) is 15.3. The Balaban J connectivity index is 1.30. The summed E-state index contributed by atoms with van der Waals surface area (Å²) in [7, 11) is 0. The normalized spacial score (nSPS) is 13.5. The largest absolute Gasteiger partial charge is 0.351 e. The first-order chi connectivity index (χ1) is 13.2. The first-order valence-corrected chi connectivity index (χ1v) is 9.21. The number of fused-ring (bicyclic) bond motifs is 1. The lowest BCUT2D eigenvalue weighted by molar-refractivity contribution is -0.114. The minimum Gasteiger partial charge on any atom is -0.351 e. The van der Waals surface area contributed by atoms with E-state index in [4.69, 9.17) is 0 Å². The molecule has 3 aromatic rings. The van der Waals surface area contributed by atoms with E-state index in [9.17, 15) is 4.79 Å². The second kappa shape index (κ2) is 7.58. The maximum Gasteiger partial charge on any atom is 0.269 e. The van der Waals surface area contributed by atoms with Gasteiger partial charge >= 0.3 is 0 Å². The Labute approximate surface area is 158 Å². The van der Waals surface area contributed by atoms with Crippen molar-refractivity contribution >= 4 is 22.7 Å². The van der Waals surface area contributed by atoms with Crippen LogP contribution in [0.15, 0.2) is 65.4 Å². The van der Waals surface area contributed by atoms with Crippen molar-refractivity contribution in [3.8, 4) is 11.1 Å². The van der Waals surface area contributed by atoms with E-state index < -0.39 is 0 Å². The Kier molecular flexibility index (Phi) is 4.83. The molecule has 5 nitrogen and oxygen atoms in total. The maximum absolute atomic E-state index is 12.0. The number of aryl methyl sites for hydroxylation is 1. The molecule has 3 heterocycles. The minimum atomic E-state index is -0.0742. The third-order valence-corrected chi connectivity index (χ3v) is 4.73. The van der Waals surface area contributed by atoms with Gasteiger partial charge in [-0.3, -0.25) is 9.79 Å². The summed E-state index contributed by atoms with van der Waals surface area (Å²) in [4.78, 5) is 23.8. The van der Waals surface area contributed by atoms with Crippen molar-refractivity contribution in [1.82, 2.24) is 15.3 Å². The van der Waals surface area contributed by atoms with Gasteiger partial charge in [0.15, 0.2) is 0 Å². The summed E-state index contributed by atoms with van der Waals surface area (Å²) < 4.78 is 0. The molecule has 0 atom stereocenters. The Morgan fingerprint density at radius 1 is 1.19 bits per heavy atom. The Bertz CT molecular complexity index is 1030. The van der Waals surface area contributed by atoms with Crippen LogP contribution in [0.3, 0.4) is 0 Å². The summed E-state index contributed by atoms with van der Waals surface area (Å²) >= 11 is 0. The number of carbonyl (C=O) groups is 1. The molecule has 0 spiro atoms. The van der Waals surface area contributed by atoms with E-state index >= 15 is 0 Å². The van der Waals surface area contributed by atoms with Crippen LogP contribution in [0, 0.1) is 0 Å². The third-order valence-electron chi connectivity index (χ3n) is 4.73. The number of aliphatic imine (C=N–C) groups is 1. The fourth-order valence-corrected chi connectivity index (χ4v) is 3.22. The van der Waals surface area contributed by atoms with Crippen LogP contribution in [0.4, 0.5) is 0 Å². The molecule has 5 heteroatoms. The Morgan fingerprint density at radius 2 is 2.04 bits per heavy atom. The highest BCUT2D eigenvalue weighted by molar-refractivity contribution is 6.44. The fraction of sp³-hybridized carbons (Fsp3) is 0.227. The molecule has 0 aliphatic carbocycles. The minimum absolute atomic E-state index is 0.0742. The van der Waals surface area contributed by atoms with Crippen molar-refractivity contribution < 1.29 is 4.79 Å². The van der Waals surface area contributed by atoms with Gasteiger partial charge in [0.05, 0.1) is 6.54 Å². The summed E-state index contributed by atoms with van der Waals surface area (Å²) in [6.45, 7) is 3.28. The average molecular weight is 358 g/mol. The number of aromatic amines is 1. The molecular formula is C22H22N4O. The molecule has 1 amide bonds. The number of nitrogens with one attached hydrogen (secondary N) is 2. The molecular weight excluding hydrogens is 336 g/mol. The summed E-state index contributed by atoms with van der Waals surface area (Å²) in [6.07, 6.45) is 7.48. The number of nitrogens with zero attached hydrogens (tertiary/aromatic N) is 2. The topological polar surface area (TPSA) is 70.1 Å². The van der Waals surface area contributed by atoms with E-state index in [1.54, 1.807) is 0 Å². The molecule has 0 saturated heterocycles. The number of benzene rings is 1. The Morgan fingerprint density at radius 3 is 2.81 bits per heavy atom. The predicted octanol–water partition coefficient (Wildman–Crippen LogP) is 3.68. The number of hydrogen-bond acceptors (Lipinski definition) is 3. The summed E-state index contributed by atoms with van der Waals surface area (Å²) in [5.74, 6) is -0.0742. The highest BCUT2D eigenvalue weighted by Crippen LogP contribution is 2.22. The van der Waals surface area contributed by atoms with E-state index in [1.807, 2.05) is 31.5 Å². The molecule has 0 radical (unpaired) electrons. The molecule has 1 aliphatic heterocycles. The van der Waals surface area contributed by atoms with Gasteiger partial charge in [0.2, 0.25) is 0 Å². The lowest BCUT2D eigenvalue weighted by Crippen LogP contribution is -2.30. The van der Waals surface area contributed by atoms with Gasteiger partial charge in [-0.15, -0.1) is 0 Å². The van der Waals surface area contributed by atoms with Gasteiger partial charge in [-0.1, -0.05) is 24.3 Å². The van der Waals surface area contributed by atoms with Crippen LogP contribution >= 0.6 is 0 Å². The van der Waals surface area contributed by atoms with Crippen molar-refractivity contribution in [2.24, 2.45) is 4.99 Å². The Hall–Kier alpha value is -3.21.